The second-order valence-electron chi connectivity index (χ2n) is 7.07. The summed E-state index contributed by atoms with van der Waals surface area (Å²) in [6.45, 7) is 5.29. The average Bonchev–Trinajstić information content (AvgIpc) is 2.97. The van der Waals surface area contributed by atoms with Crippen LogP contribution in [0.5, 0.6) is 11.5 Å². The first-order chi connectivity index (χ1) is 13.8. The molecule has 0 unspecified atom stereocenters. The molecule has 6 nitrogen and oxygen atoms in total. The summed E-state index contributed by atoms with van der Waals surface area (Å²) in [7, 11) is 0. The number of carbonyl (C=O) groups excluding carboxylic acids is 1. The lowest BCUT2D eigenvalue weighted by atomic mass is 10.1. The van der Waals surface area contributed by atoms with Crippen molar-refractivity contribution in [3.8, 4) is 11.5 Å². The maximum atomic E-state index is 13.1. The van der Waals surface area contributed by atoms with E-state index in [1.807, 2.05) is 30.0 Å². The number of hydrogen-bond donors (Lipinski definition) is 1. The van der Waals surface area contributed by atoms with Crippen LogP contribution in [0.25, 0.3) is 0 Å². The number of rotatable bonds is 4. The molecule has 2 aromatic carbocycles. The van der Waals surface area contributed by atoms with Crippen molar-refractivity contribution in [2.75, 3.05) is 42.9 Å². The molecule has 1 N–H and O–H groups in total. The summed E-state index contributed by atoms with van der Waals surface area (Å²) in [5, 5.41) is 3.42. The predicted octanol–water partition coefficient (Wildman–Crippen LogP) is 3.73. The third-order valence-electron chi connectivity index (χ3n) is 4.94. The molecule has 2 aromatic rings. The fraction of sp³-hybridized carbons (Fsp3) is 0.350. The summed E-state index contributed by atoms with van der Waals surface area (Å²) < 4.78 is 34.9. The topological polar surface area (TPSA) is 54.0 Å². The SMILES string of the molecule is Cc1ccc(Cl)cc1N1CCN(CC(=O)Nc2ccc3c(c2)OC(F)(F)O3)CC1. The fourth-order valence-corrected chi connectivity index (χ4v) is 3.67. The van der Waals surface area contributed by atoms with Gasteiger partial charge < -0.3 is 19.7 Å². The summed E-state index contributed by atoms with van der Waals surface area (Å²) in [4.78, 5) is 16.7. The summed E-state index contributed by atoms with van der Waals surface area (Å²) in [5.41, 5.74) is 2.65. The van der Waals surface area contributed by atoms with Crippen LogP contribution in [0.2, 0.25) is 5.02 Å². The van der Waals surface area contributed by atoms with Crippen LogP contribution in [0.15, 0.2) is 36.4 Å². The van der Waals surface area contributed by atoms with E-state index in [0.29, 0.717) is 10.7 Å². The summed E-state index contributed by atoms with van der Waals surface area (Å²) in [5.74, 6) is -0.373. The van der Waals surface area contributed by atoms with Gasteiger partial charge in [0, 0.05) is 48.6 Å². The molecule has 0 bridgehead atoms. The Morgan fingerprint density at radius 3 is 2.59 bits per heavy atom. The van der Waals surface area contributed by atoms with E-state index in [-0.39, 0.29) is 24.0 Å². The molecule has 2 aliphatic rings. The van der Waals surface area contributed by atoms with Crippen molar-refractivity contribution >= 4 is 28.9 Å². The zero-order valence-corrected chi connectivity index (χ0v) is 16.5. The van der Waals surface area contributed by atoms with Gasteiger partial charge in [0.15, 0.2) is 11.5 Å². The summed E-state index contributed by atoms with van der Waals surface area (Å²) in [6.07, 6.45) is -3.67. The molecule has 154 valence electrons. The van der Waals surface area contributed by atoms with Crippen LogP contribution in [0.4, 0.5) is 20.2 Å². The smallest absolute Gasteiger partial charge is 0.395 e. The highest BCUT2D eigenvalue weighted by atomic mass is 35.5. The lowest BCUT2D eigenvalue weighted by molar-refractivity contribution is -0.286. The Bertz CT molecular complexity index is 933. The summed E-state index contributed by atoms with van der Waals surface area (Å²) in [6, 6.07) is 10.0. The second kappa shape index (κ2) is 7.68. The Kier molecular flexibility index (Phi) is 5.23. The van der Waals surface area contributed by atoms with E-state index in [2.05, 4.69) is 19.7 Å². The minimum atomic E-state index is -3.67. The van der Waals surface area contributed by atoms with Gasteiger partial charge in [-0.25, -0.2) is 0 Å². The maximum absolute atomic E-state index is 13.1. The molecule has 1 saturated heterocycles. The molecule has 2 heterocycles. The van der Waals surface area contributed by atoms with E-state index in [0.717, 1.165) is 37.4 Å². The Labute approximate surface area is 171 Å². The monoisotopic (exact) mass is 423 g/mol. The Balaban J connectivity index is 1.30. The Morgan fingerprint density at radius 2 is 1.83 bits per heavy atom. The minimum Gasteiger partial charge on any atom is -0.395 e. The zero-order valence-electron chi connectivity index (χ0n) is 15.8. The van der Waals surface area contributed by atoms with Gasteiger partial charge in [-0.3, -0.25) is 9.69 Å². The van der Waals surface area contributed by atoms with E-state index < -0.39 is 6.29 Å². The van der Waals surface area contributed by atoms with Gasteiger partial charge in [0.25, 0.3) is 0 Å². The fourth-order valence-electron chi connectivity index (χ4n) is 3.50. The zero-order chi connectivity index (χ0) is 20.6. The van der Waals surface area contributed by atoms with E-state index in [4.69, 9.17) is 11.6 Å². The molecule has 0 saturated carbocycles. The number of nitrogens with one attached hydrogen (secondary N) is 1. The number of carbonyl (C=O) groups is 1. The van der Waals surface area contributed by atoms with E-state index in [1.54, 1.807) is 0 Å². The number of aryl methyl sites for hydroxylation is 1. The van der Waals surface area contributed by atoms with Gasteiger partial charge in [-0.1, -0.05) is 17.7 Å². The van der Waals surface area contributed by atoms with Crippen LogP contribution in [0, 0.1) is 6.92 Å². The normalized spacial score (nSPS) is 18.0. The minimum absolute atomic E-state index is 0.0552. The number of fused-ring (bicyclic) bond motifs is 1. The number of hydrogen-bond acceptors (Lipinski definition) is 5. The van der Waals surface area contributed by atoms with Crippen molar-refractivity contribution in [1.29, 1.82) is 0 Å². The number of piperazine rings is 1. The van der Waals surface area contributed by atoms with E-state index in [9.17, 15) is 13.6 Å². The summed E-state index contributed by atoms with van der Waals surface area (Å²) >= 11 is 6.11. The first-order valence-electron chi connectivity index (χ1n) is 9.22. The second-order valence-corrected chi connectivity index (χ2v) is 7.51. The quantitative estimate of drug-likeness (QED) is 0.812. The third kappa shape index (κ3) is 4.54. The van der Waals surface area contributed by atoms with Crippen molar-refractivity contribution < 1.29 is 23.0 Å². The molecular weight excluding hydrogens is 404 g/mol. The third-order valence-corrected chi connectivity index (χ3v) is 5.17. The number of alkyl halides is 2. The van der Waals surface area contributed by atoms with Crippen molar-refractivity contribution in [3.05, 3.63) is 47.0 Å². The van der Waals surface area contributed by atoms with Crippen LogP contribution >= 0.6 is 11.6 Å². The van der Waals surface area contributed by atoms with Crippen LogP contribution < -0.4 is 19.7 Å². The number of nitrogens with zero attached hydrogens (tertiary/aromatic N) is 2. The molecule has 0 radical (unpaired) electrons. The molecule has 29 heavy (non-hydrogen) atoms. The largest absolute Gasteiger partial charge is 0.586 e. The molecule has 0 spiro atoms. The Morgan fingerprint density at radius 1 is 1.10 bits per heavy atom. The van der Waals surface area contributed by atoms with Gasteiger partial charge in [0.1, 0.15) is 0 Å². The number of amides is 1. The molecule has 1 amide bonds. The van der Waals surface area contributed by atoms with Crippen LogP contribution in [0.1, 0.15) is 5.56 Å². The van der Waals surface area contributed by atoms with E-state index >= 15 is 0 Å². The maximum Gasteiger partial charge on any atom is 0.586 e. The van der Waals surface area contributed by atoms with Gasteiger partial charge in [0.05, 0.1) is 6.54 Å². The van der Waals surface area contributed by atoms with Gasteiger partial charge in [0.2, 0.25) is 5.91 Å². The van der Waals surface area contributed by atoms with Gasteiger partial charge >= 0.3 is 6.29 Å². The first-order valence-corrected chi connectivity index (χ1v) is 9.60. The molecule has 0 atom stereocenters. The lowest BCUT2D eigenvalue weighted by Crippen LogP contribution is -2.48. The number of halogens is 3. The highest BCUT2D eigenvalue weighted by molar-refractivity contribution is 6.30. The number of benzene rings is 2. The molecule has 0 aromatic heterocycles. The number of ether oxygens (including phenoxy) is 2. The van der Waals surface area contributed by atoms with Crippen LogP contribution in [-0.2, 0) is 4.79 Å². The first kappa shape index (κ1) is 19.7. The van der Waals surface area contributed by atoms with Gasteiger partial charge in [-0.05, 0) is 36.8 Å². The molecular formula is C20H20ClF2N3O3. The molecule has 9 heteroatoms. The van der Waals surface area contributed by atoms with Crippen LogP contribution in [-0.4, -0.2) is 49.8 Å². The molecule has 1 fully saturated rings. The Hall–Kier alpha value is -2.58. The highest BCUT2D eigenvalue weighted by Crippen LogP contribution is 2.42. The van der Waals surface area contributed by atoms with Crippen molar-refractivity contribution in [1.82, 2.24) is 4.90 Å². The average molecular weight is 424 g/mol. The standard InChI is InChI=1S/C20H20ClF2N3O3/c1-13-2-3-14(21)10-16(13)26-8-6-25(7-9-26)12-19(27)24-15-4-5-17-18(11-15)29-20(22,23)28-17/h2-5,10-11H,6-9,12H2,1H3,(H,24,27). The van der Waals surface area contributed by atoms with Crippen molar-refractivity contribution in [2.24, 2.45) is 0 Å². The number of anilines is 2. The van der Waals surface area contributed by atoms with Crippen molar-refractivity contribution in [2.45, 2.75) is 13.2 Å². The predicted molar refractivity (Wildman–Crippen MR) is 106 cm³/mol. The molecule has 4 rings (SSSR count). The van der Waals surface area contributed by atoms with Gasteiger partial charge in [-0.15, -0.1) is 8.78 Å². The highest BCUT2D eigenvalue weighted by Gasteiger charge is 2.43. The van der Waals surface area contributed by atoms with Gasteiger partial charge in [-0.2, -0.15) is 0 Å². The molecule has 0 aliphatic carbocycles. The lowest BCUT2D eigenvalue weighted by Gasteiger charge is -2.36. The van der Waals surface area contributed by atoms with Crippen molar-refractivity contribution in [3.63, 3.8) is 0 Å². The molecule has 2 aliphatic heterocycles. The van der Waals surface area contributed by atoms with E-state index in [1.165, 1.54) is 18.2 Å². The van der Waals surface area contributed by atoms with Crippen LogP contribution in [0.3, 0.4) is 0 Å².